The van der Waals surface area contributed by atoms with Crippen LogP contribution in [0.3, 0.4) is 0 Å². The lowest BCUT2D eigenvalue weighted by Gasteiger charge is -2.37. The molecule has 0 saturated carbocycles. The number of carbonyl (C=O) groups is 2. The number of anilines is 2. The predicted octanol–water partition coefficient (Wildman–Crippen LogP) is 4.72. The number of nitro benzene ring substituents is 1. The average molecular weight is 574 g/mol. The molecule has 0 bridgehead atoms. The van der Waals surface area contributed by atoms with Crippen molar-refractivity contribution in [2.45, 2.75) is 12.7 Å². The van der Waals surface area contributed by atoms with Crippen LogP contribution < -0.4 is 10.2 Å². The van der Waals surface area contributed by atoms with Crippen LogP contribution in [0.1, 0.15) is 15.9 Å². The highest BCUT2D eigenvalue weighted by molar-refractivity contribution is 5.95. The van der Waals surface area contributed by atoms with Gasteiger partial charge in [0.05, 0.1) is 17.0 Å². The van der Waals surface area contributed by atoms with Crippen LogP contribution in [0.15, 0.2) is 83.9 Å². The molecule has 4 rings (SSSR count). The molecule has 0 aliphatic carbocycles. The zero-order valence-corrected chi connectivity index (χ0v) is 21.5. The Morgan fingerprint density at radius 3 is 1.95 bits per heavy atom. The van der Waals surface area contributed by atoms with Crippen LogP contribution >= 0.6 is 0 Å². The first kappa shape index (κ1) is 30.4. The molecular formula is C27H26F3N5O6. The number of aromatic carboxylic acids is 1. The zero-order chi connectivity index (χ0) is 30.0. The molecule has 1 aliphatic rings. The van der Waals surface area contributed by atoms with Crippen molar-refractivity contribution in [1.29, 1.82) is 0 Å². The molecule has 1 fully saturated rings. The number of nitrogens with zero attached hydrogens (tertiary/aromatic N) is 4. The summed E-state index contributed by atoms with van der Waals surface area (Å²) in [6, 6.07) is 23.2. The van der Waals surface area contributed by atoms with E-state index in [-0.39, 0.29) is 11.3 Å². The Bertz CT molecular complexity index is 1360. The van der Waals surface area contributed by atoms with E-state index in [1.165, 1.54) is 12.1 Å². The number of halogens is 3. The lowest BCUT2D eigenvalue weighted by atomic mass is 10.2. The van der Waals surface area contributed by atoms with E-state index in [0.717, 1.165) is 36.0 Å². The minimum Gasteiger partial charge on any atom is -0.478 e. The molecule has 3 N–H and O–H groups in total. The van der Waals surface area contributed by atoms with Gasteiger partial charge in [-0.1, -0.05) is 30.3 Å². The molecule has 3 aromatic rings. The standard InChI is InChI=1S/C25H25N5O4.C2HF3O2/c31-24(32)20-6-8-21(9-7-20)27-25(26-18-19-4-2-1-3-5-19)29-16-14-28(15-17-29)22-10-12-23(13-11-22)30(33)34;3-2(4,5)1(6)7/h1-13H,14-18H2,(H,26,27)(H,31,32);(H,6,7). The Morgan fingerprint density at radius 1 is 0.902 bits per heavy atom. The van der Waals surface area contributed by atoms with Crippen molar-refractivity contribution in [1.82, 2.24) is 4.90 Å². The number of piperazine rings is 1. The summed E-state index contributed by atoms with van der Waals surface area (Å²) in [6.07, 6.45) is -5.08. The van der Waals surface area contributed by atoms with Gasteiger partial charge in [-0.15, -0.1) is 0 Å². The fourth-order valence-corrected chi connectivity index (χ4v) is 3.76. The van der Waals surface area contributed by atoms with Gasteiger partial charge in [0, 0.05) is 49.7 Å². The normalized spacial score (nSPS) is 13.6. The van der Waals surface area contributed by atoms with Crippen molar-refractivity contribution in [3.63, 3.8) is 0 Å². The molecule has 11 nitrogen and oxygen atoms in total. The van der Waals surface area contributed by atoms with Crippen molar-refractivity contribution in [2.75, 3.05) is 36.4 Å². The summed E-state index contributed by atoms with van der Waals surface area (Å²) in [6.45, 7) is 3.41. The first-order valence-electron chi connectivity index (χ1n) is 12.2. The number of nitrogens with one attached hydrogen (secondary N) is 1. The van der Waals surface area contributed by atoms with E-state index >= 15 is 0 Å². The highest BCUT2D eigenvalue weighted by atomic mass is 19.4. The van der Waals surface area contributed by atoms with Gasteiger partial charge in [0.25, 0.3) is 5.69 Å². The number of benzene rings is 3. The summed E-state index contributed by atoms with van der Waals surface area (Å²) >= 11 is 0. The number of alkyl halides is 3. The average Bonchev–Trinajstić information content (AvgIpc) is 2.96. The summed E-state index contributed by atoms with van der Waals surface area (Å²) in [4.78, 5) is 39.7. The Kier molecular flexibility index (Phi) is 10.2. The largest absolute Gasteiger partial charge is 0.490 e. The molecule has 1 aliphatic heterocycles. The van der Waals surface area contributed by atoms with E-state index < -0.39 is 23.0 Å². The third-order valence-corrected chi connectivity index (χ3v) is 5.89. The third kappa shape index (κ3) is 9.23. The van der Waals surface area contributed by atoms with E-state index in [2.05, 4.69) is 15.1 Å². The summed E-state index contributed by atoms with van der Waals surface area (Å²) in [5.74, 6) is -3.00. The monoisotopic (exact) mass is 573 g/mol. The first-order chi connectivity index (χ1) is 19.4. The second-order valence-corrected chi connectivity index (χ2v) is 8.68. The van der Waals surface area contributed by atoms with Crippen molar-refractivity contribution in [3.8, 4) is 0 Å². The summed E-state index contributed by atoms with van der Waals surface area (Å²) in [5, 5.41) is 30.5. The van der Waals surface area contributed by atoms with Crippen molar-refractivity contribution in [3.05, 3.63) is 100 Å². The number of carboxylic acids is 2. The number of nitro groups is 1. The van der Waals surface area contributed by atoms with Gasteiger partial charge in [-0.05, 0) is 42.0 Å². The lowest BCUT2D eigenvalue weighted by Crippen LogP contribution is -2.50. The SMILES string of the molecule is O=C(O)C(F)(F)F.O=C(O)c1ccc(NC(=NCc2ccccc2)N2CCN(c3ccc([N+](=O)[O-])cc3)CC2)cc1. The van der Waals surface area contributed by atoms with Gasteiger partial charge in [0.1, 0.15) is 0 Å². The fourth-order valence-electron chi connectivity index (χ4n) is 3.76. The van der Waals surface area contributed by atoms with Gasteiger partial charge < -0.3 is 25.3 Å². The van der Waals surface area contributed by atoms with Crippen LogP contribution in [0.5, 0.6) is 0 Å². The van der Waals surface area contributed by atoms with Crippen LogP contribution in [-0.4, -0.2) is 70.3 Å². The topological polar surface area (TPSA) is 149 Å². The number of guanidine groups is 1. The number of hydrogen-bond donors (Lipinski definition) is 3. The van der Waals surface area contributed by atoms with Crippen LogP contribution in [0.25, 0.3) is 0 Å². The molecule has 0 radical (unpaired) electrons. The van der Waals surface area contributed by atoms with Crippen molar-refractivity contribution in [2.24, 2.45) is 4.99 Å². The number of carboxylic acid groups (broad SMARTS) is 2. The molecule has 1 saturated heterocycles. The van der Waals surface area contributed by atoms with E-state index in [4.69, 9.17) is 20.0 Å². The molecule has 0 atom stereocenters. The van der Waals surface area contributed by atoms with Gasteiger partial charge in [0.15, 0.2) is 5.96 Å². The van der Waals surface area contributed by atoms with Gasteiger partial charge in [0.2, 0.25) is 0 Å². The Hall–Kier alpha value is -5.14. The number of aliphatic imine (C=N–C) groups is 1. The van der Waals surface area contributed by atoms with Gasteiger partial charge in [-0.2, -0.15) is 13.2 Å². The molecule has 14 heteroatoms. The maximum absolute atomic E-state index is 11.2. The first-order valence-corrected chi connectivity index (χ1v) is 12.2. The maximum Gasteiger partial charge on any atom is 0.490 e. The number of rotatable bonds is 6. The summed E-state index contributed by atoms with van der Waals surface area (Å²) < 4.78 is 31.7. The predicted molar refractivity (Wildman–Crippen MR) is 145 cm³/mol. The maximum atomic E-state index is 11.2. The van der Waals surface area contributed by atoms with Crippen LogP contribution in [-0.2, 0) is 11.3 Å². The lowest BCUT2D eigenvalue weighted by molar-refractivity contribution is -0.384. The molecule has 1 heterocycles. The van der Waals surface area contributed by atoms with E-state index in [0.29, 0.717) is 19.6 Å². The molecule has 0 unspecified atom stereocenters. The number of hydrogen-bond acceptors (Lipinski definition) is 6. The second-order valence-electron chi connectivity index (χ2n) is 8.68. The molecular weight excluding hydrogens is 547 g/mol. The fraction of sp³-hybridized carbons (Fsp3) is 0.222. The molecule has 0 aromatic heterocycles. The molecule has 0 amide bonds. The van der Waals surface area contributed by atoms with Crippen LogP contribution in [0.4, 0.5) is 30.2 Å². The number of non-ortho nitro benzene ring substituents is 1. The van der Waals surface area contributed by atoms with Crippen LogP contribution in [0, 0.1) is 10.1 Å². The highest BCUT2D eigenvalue weighted by Gasteiger charge is 2.38. The zero-order valence-electron chi connectivity index (χ0n) is 21.5. The minimum atomic E-state index is -5.08. The van der Waals surface area contributed by atoms with E-state index in [1.54, 1.807) is 36.4 Å². The van der Waals surface area contributed by atoms with Gasteiger partial charge in [-0.3, -0.25) is 10.1 Å². The Morgan fingerprint density at radius 2 is 1.46 bits per heavy atom. The Balaban J connectivity index is 0.000000587. The molecule has 216 valence electrons. The van der Waals surface area contributed by atoms with Crippen molar-refractivity contribution >= 4 is 35.0 Å². The van der Waals surface area contributed by atoms with E-state index in [9.17, 15) is 28.1 Å². The molecule has 41 heavy (non-hydrogen) atoms. The summed E-state index contributed by atoms with van der Waals surface area (Å²) in [7, 11) is 0. The van der Waals surface area contributed by atoms with E-state index in [1.807, 2.05) is 30.3 Å². The van der Waals surface area contributed by atoms with Gasteiger partial charge >= 0.3 is 18.1 Å². The second kappa shape index (κ2) is 13.8. The Labute approximate surface area is 232 Å². The third-order valence-electron chi connectivity index (χ3n) is 5.89. The quantitative estimate of drug-likeness (QED) is 0.165. The summed E-state index contributed by atoms with van der Waals surface area (Å²) in [5.41, 5.74) is 3.10. The number of aliphatic carboxylic acids is 1. The van der Waals surface area contributed by atoms with Crippen LogP contribution in [0.2, 0.25) is 0 Å². The smallest absolute Gasteiger partial charge is 0.478 e. The molecule has 0 spiro atoms. The molecule has 3 aromatic carbocycles. The minimum absolute atomic E-state index is 0.0795. The van der Waals surface area contributed by atoms with Gasteiger partial charge in [-0.25, -0.2) is 14.6 Å². The highest BCUT2D eigenvalue weighted by Crippen LogP contribution is 2.21. The van der Waals surface area contributed by atoms with Crippen molar-refractivity contribution < 1.29 is 37.9 Å².